The number of anilines is 1. The van der Waals surface area contributed by atoms with Crippen LogP contribution >= 0.6 is 11.3 Å². The summed E-state index contributed by atoms with van der Waals surface area (Å²) < 4.78 is 44.7. The summed E-state index contributed by atoms with van der Waals surface area (Å²) in [5.41, 5.74) is 0.597. The first-order valence-electron chi connectivity index (χ1n) is 7.35. The first-order chi connectivity index (χ1) is 11.5. The third-order valence-electron chi connectivity index (χ3n) is 3.94. The van der Waals surface area contributed by atoms with Crippen LogP contribution in [0.5, 0.6) is 0 Å². The van der Waals surface area contributed by atoms with E-state index in [-0.39, 0.29) is 0 Å². The number of rotatable bonds is 2. The second kappa shape index (κ2) is 5.75. The van der Waals surface area contributed by atoms with E-state index in [1.165, 1.54) is 17.5 Å². The lowest BCUT2D eigenvalue weighted by atomic mass is 10.0. The molecule has 1 fully saturated rings. The van der Waals surface area contributed by atoms with Crippen LogP contribution < -0.4 is 4.90 Å². The van der Waals surface area contributed by atoms with Gasteiger partial charge in [-0.2, -0.15) is 18.3 Å². The molecular weight excluding hydrogens is 341 g/mol. The molecule has 1 aliphatic heterocycles. The van der Waals surface area contributed by atoms with Gasteiger partial charge >= 0.3 is 6.18 Å². The highest BCUT2D eigenvalue weighted by molar-refractivity contribution is 7.14. The Bertz CT molecular complexity index is 867. The molecule has 24 heavy (non-hydrogen) atoms. The maximum absolute atomic E-state index is 13.1. The topological polar surface area (TPSA) is 54.0 Å². The molecule has 2 aromatic heterocycles. The minimum Gasteiger partial charge on any atom is -0.378 e. The van der Waals surface area contributed by atoms with Gasteiger partial charge in [0.2, 0.25) is 0 Å². The van der Waals surface area contributed by atoms with E-state index < -0.39 is 11.7 Å². The maximum atomic E-state index is 13.1. The number of halogens is 3. The number of aromatic nitrogens is 3. The number of thiazole rings is 1. The van der Waals surface area contributed by atoms with Crippen LogP contribution in [0.25, 0.3) is 22.2 Å². The molecule has 1 N–H and O–H groups in total. The first-order valence-corrected chi connectivity index (χ1v) is 8.23. The van der Waals surface area contributed by atoms with E-state index in [1.54, 1.807) is 5.38 Å². The van der Waals surface area contributed by atoms with Crippen molar-refractivity contribution in [3.8, 4) is 11.3 Å². The zero-order valence-electron chi connectivity index (χ0n) is 12.4. The molecule has 1 aromatic carbocycles. The van der Waals surface area contributed by atoms with Crippen molar-refractivity contribution < 1.29 is 17.9 Å². The van der Waals surface area contributed by atoms with Gasteiger partial charge in [-0.25, -0.2) is 4.98 Å². The molecule has 0 unspecified atom stereocenters. The molecule has 0 aliphatic carbocycles. The molecule has 3 heterocycles. The molecular formula is C15H13F3N4OS. The lowest BCUT2D eigenvalue weighted by Gasteiger charge is -2.26. The van der Waals surface area contributed by atoms with Gasteiger partial charge in [0.05, 0.1) is 36.2 Å². The summed E-state index contributed by atoms with van der Waals surface area (Å²) in [6.07, 6.45) is -2.89. The molecule has 5 nitrogen and oxygen atoms in total. The lowest BCUT2D eigenvalue weighted by Crippen LogP contribution is -2.36. The number of fused-ring (bicyclic) bond motifs is 1. The van der Waals surface area contributed by atoms with Gasteiger partial charge in [-0.3, -0.25) is 5.10 Å². The van der Waals surface area contributed by atoms with Crippen LogP contribution in [-0.2, 0) is 10.9 Å². The Balaban J connectivity index is 1.78. The number of morpholine rings is 1. The molecule has 1 aliphatic rings. The van der Waals surface area contributed by atoms with Gasteiger partial charge in [0, 0.05) is 29.4 Å². The minimum atomic E-state index is -4.42. The minimum absolute atomic E-state index is 0.348. The zero-order valence-corrected chi connectivity index (χ0v) is 13.2. The fourth-order valence-corrected chi connectivity index (χ4v) is 3.59. The summed E-state index contributed by atoms with van der Waals surface area (Å²) >= 11 is 1.42. The molecule has 0 spiro atoms. The maximum Gasteiger partial charge on any atom is 0.416 e. The van der Waals surface area contributed by atoms with Crippen molar-refractivity contribution in [2.24, 2.45) is 0 Å². The molecule has 0 bridgehead atoms. The van der Waals surface area contributed by atoms with Gasteiger partial charge < -0.3 is 9.64 Å². The number of benzene rings is 1. The van der Waals surface area contributed by atoms with Gasteiger partial charge in [-0.15, -0.1) is 11.3 Å². The van der Waals surface area contributed by atoms with Crippen molar-refractivity contribution >= 4 is 27.4 Å². The number of alkyl halides is 3. The molecule has 0 amide bonds. The van der Waals surface area contributed by atoms with E-state index in [2.05, 4.69) is 20.1 Å². The molecule has 0 saturated carbocycles. The number of hydrogen-bond acceptors (Lipinski definition) is 5. The molecule has 126 valence electrons. The summed E-state index contributed by atoms with van der Waals surface area (Å²) in [6, 6.07) is 2.21. The van der Waals surface area contributed by atoms with Crippen molar-refractivity contribution in [1.29, 1.82) is 0 Å². The predicted octanol–water partition coefficient (Wildman–Crippen LogP) is 3.54. The Morgan fingerprint density at radius 2 is 2.00 bits per heavy atom. The van der Waals surface area contributed by atoms with Crippen molar-refractivity contribution in [3.05, 3.63) is 29.3 Å². The highest BCUT2D eigenvalue weighted by Crippen LogP contribution is 2.37. The highest BCUT2D eigenvalue weighted by atomic mass is 32.1. The number of aromatic amines is 1. The van der Waals surface area contributed by atoms with E-state index in [0.717, 1.165) is 30.4 Å². The van der Waals surface area contributed by atoms with Gasteiger partial charge in [-0.05, 0) is 12.1 Å². The quantitative estimate of drug-likeness (QED) is 0.765. The van der Waals surface area contributed by atoms with Crippen LogP contribution in [0.3, 0.4) is 0 Å². The summed E-state index contributed by atoms with van der Waals surface area (Å²) in [5, 5.41) is 9.68. The van der Waals surface area contributed by atoms with Gasteiger partial charge in [0.25, 0.3) is 0 Å². The number of nitrogens with one attached hydrogen (secondary N) is 1. The fraction of sp³-hybridized carbons (Fsp3) is 0.333. The number of nitrogens with zero attached hydrogens (tertiary/aromatic N) is 3. The number of hydrogen-bond donors (Lipinski definition) is 1. The molecule has 0 atom stereocenters. The number of ether oxygens (including phenoxy) is 1. The van der Waals surface area contributed by atoms with Gasteiger partial charge in [-0.1, -0.05) is 0 Å². The van der Waals surface area contributed by atoms with Crippen LogP contribution in [-0.4, -0.2) is 41.5 Å². The van der Waals surface area contributed by atoms with Gasteiger partial charge in [0.15, 0.2) is 5.13 Å². The van der Waals surface area contributed by atoms with Crippen molar-refractivity contribution in [1.82, 2.24) is 15.2 Å². The molecule has 3 aromatic rings. The van der Waals surface area contributed by atoms with Crippen LogP contribution in [0.2, 0.25) is 0 Å². The van der Waals surface area contributed by atoms with Crippen molar-refractivity contribution in [2.75, 3.05) is 31.2 Å². The Kier molecular flexibility index (Phi) is 3.69. The third kappa shape index (κ3) is 2.73. The second-order valence-corrected chi connectivity index (χ2v) is 6.30. The first kappa shape index (κ1) is 15.4. The van der Waals surface area contributed by atoms with Crippen LogP contribution in [0.4, 0.5) is 18.3 Å². The Hall–Kier alpha value is -2.13. The lowest BCUT2D eigenvalue weighted by molar-refractivity contribution is -0.137. The average Bonchev–Trinajstić information content (AvgIpc) is 3.23. The standard InChI is InChI=1S/C15H13F3N4OS/c16-15(17,18)9-5-10(11-7-19-21-12(11)6-9)13-8-24-14(20-13)22-1-3-23-4-2-22/h5-8H,1-4H2,(H,19,21). The zero-order chi connectivity index (χ0) is 16.7. The molecule has 0 radical (unpaired) electrons. The average molecular weight is 354 g/mol. The molecule has 4 rings (SSSR count). The van der Waals surface area contributed by atoms with E-state index in [0.29, 0.717) is 35.4 Å². The second-order valence-electron chi connectivity index (χ2n) is 5.47. The fourth-order valence-electron chi connectivity index (χ4n) is 2.71. The Labute approximate surface area is 139 Å². The van der Waals surface area contributed by atoms with Crippen LogP contribution in [0, 0.1) is 0 Å². The summed E-state index contributed by atoms with van der Waals surface area (Å²) in [4.78, 5) is 6.62. The largest absolute Gasteiger partial charge is 0.416 e. The summed E-state index contributed by atoms with van der Waals surface area (Å²) in [7, 11) is 0. The number of H-pyrrole nitrogens is 1. The summed E-state index contributed by atoms with van der Waals surface area (Å²) in [5.74, 6) is 0. The Morgan fingerprint density at radius 3 is 2.75 bits per heavy atom. The van der Waals surface area contributed by atoms with Gasteiger partial charge in [0.1, 0.15) is 0 Å². The van der Waals surface area contributed by atoms with Crippen LogP contribution in [0.15, 0.2) is 23.7 Å². The third-order valence-corrected chi connectivity index (χ3v) is 4.84. The van der Waals surface area contributed by atoms with E-state index in [9.17, 15) is 13.2 Å². The SMILES string of the molecule is FC(F)(F)c1cc(-c2csc(N3CCOCC3)n2)c2cn[nH]c2c1. The van der Waals surface area contributed by atoms with E-state index in [1.807, 2.05) is 0 Å². The van der Waals surface area contributed by atoms with Crippen molar-refractivity contribution in [2.45, 2.75) is 6.18 Å². The molecule has 1 saturated heterocycles. The van der Waals surface area contributed by atoms with Crippen LogP contribution in [0.1, 0.15) is 5.56 Å². The molecule has 9 heteroatoms. The Morgan fingerprint density at radius 1 is 1.21 bits per heavy atom. The predicted molar refractivity (Wildman–Crippen MR) is 85.2 cm³/mol. The normalized spacial score (nSPS) is 16.0. The smallest absolute Gasteiger partial charge is 0.378 e. The van der Waals surface area contributed by atoms with E-state index >= 15 is 0 Å². The van der Waals surface area contributed by atoms with E-state index in [4.69, 9.17) is 4.74 Å². The highest BCUT2D eigenvalue weighted by Gasteiger charge is 2.32. The monoisotopic (exact) mass is 354 g/mol. The van der Waals surface area contributed by atoms with Crippen molar-refractivity contribution in [3.63, 3.8) is 0 Å². The summed E-state index contributed by atoms with van der Waals surface area (Å²) in [6.45, 7) is 2.72.